The van der Waals surface area contributed by atoms with E-state index in [2.05, 4.69) is 44.3 Å². The van der Waals surface area contributed by atoms with Crippen LogP contribution >= 0.6 is 11.8 Å². The normalized spacial score (nSPS) is 12.1. The van der Waals surface area contributed by atoms with Crippen molar-refractivity contribution in [1.29, 1.82) is 0 Å². The topological polar surface area (TPSA) is 17.8 Å². The third-order valence-corrected chi connectivity index (χ3v) is 3.69. The molecule has 2 nitrogen and oxygen atoms in total. The van der Waals surface area contributed by atoms with Gasteiger partial charge in [-0.05, 0) is 11.8 Å². The van der Waals surface area contributed by atoms with Crippen LogP contribution in [0.25, 0.3) is 0 Å². The predicted molar refractivity (Wildman–Crippen MR) is 62.8 cm³/mol. The van der Waals surface area contributed by atoms with Gasteiger partial charge in [0.05, 0.1) is 0 Å². The highest BCUT2D eigenvalue weighted by molar-refractivity contribution is 7.99. The molecule has 0 aliphatic carbocycles. The van der Waals surface area contributed by atoms with Gasteiger partial charge in [0.1, 0.15) is 0 Å². The number of aromatic nitrogens is 2. The zero-order chi connectivity index (χ0) is 10.8. The number of rotatable bonds is 3. The molecule has 1 aromatic rings. The molecule has 0 N–H and O–H groups in total. The molecule has 0 aromatic carbocycles. The van der Waals surface area contributed by atoms with Gasteiger partial charge in [0.15, 0.2) is 5.16 Å². The highest BCUT2D eigenvalue weighted by atomic mass is 32.2. The Kier molecular flexibility index (Phi) is 3.65. The summed E-state index contributed by atoms with van der Waals surface area (Å²) in [6.07, 6.45) is 3.03. The van der Waals surface area contributed by atoms with Crippen LogP contribution in [0, 0.1) is 5.41 Å². The fraction of sp³-hybridized carbons (Fsp3) is 0.727. The molecule has 0 spiro atoms. The highest BCUT2D eigenvalue weighted by Gasteiger charge is 2.13. The Morgan fingerprint density at radius 3 is 2.50 bits per heavy atom. The van der Waals surface area contributed by atoms with Gasteiger partial charge in [0.25, 0.3) is 0 Å². The van der Waals surface area contributed by atoms with E-state index < -0.39 is 0 Å². The van der Waals surface area contributed by atoms with E-state index in [9.17, 15) is 0 Å². The first-order chi connectivity index (χ1) is 6.44. The van der Waals surface area contributed by atoms with Crippen molar-refractivity contribution in [3.8, 4) is 0 Å². The van der Waals surface area contributed by atoms with Gasteiger partial charge in [-0.2, -0.15) is 0 Å². The van der Waals surface area contributed by atoms with Crippen molar-refractivity contribution in [3.05, 3.63) is 11.9 Å². The molecule has 0 fully saturated rings. The second-order valence-electron chi connectivity index (χ2n) is 4.79. The number of hydrogen-bond donors (Lipinski definition) is 0. The molecule has 80 valence electrons. The van der Waals surface area contributed by atoms with Crippen molar-refractivity contribution in [2.75, 3.05) is 5.75 Å². The highest BCUT2D eigenvalue weighted by Crippen LogP contribution is 2.26. The first-order valence-corrected chi connectivity index (χ1v) is 6.06. The van der Waals surface area contributed by atoms with Crippen LogP contribution in [0.5, 0.6) is 0 Å². The van der Waals surface area contributed by atoms with Gasteiger partial charge in [-0.3, -0.25) is 0 Å². The molecule has 0 aliphatic heterocycles. The van der Waals surface area contributed by atoms with Crippen LogP contribution in [0.1, 0.15) is 33.4 Å². The van der Waals surface area contributed by atoms with E-state index in [1.54, 1.807) is 0 Å². The van der Waals surface area contributed by atoms with Crippen LogP contribution < -0.4 is 0 Å². The molecule has 0 saturated heterocycles. The molecule has 3 heteroatoms. The van der Waals surface area contributed by atoms with E-state index in [-0.39, 0.29) is 0 Å². The molecule has 0 bridgehead atoms. The fourth-order valence-corrected chi connectivity index (χ4v) is 2.17. The van der Waals surface area contributed by atoms with Crippen LogP contribution in [-0.4, -0.2) is 15.3 Å². The van der Waals surface area contributed by atoms with Crippen LogP contribution in [0.4, 0.5) is 0 Å². The molecule has 14 heavy (non-hydrogen) atoms. The van der Waals surface area contributed by atoms with E-state index in [1.165, 1.54) is 5.69 Å². The second kappa shape index (κ2) is 4.39. The maximum absolute atomic E-state index is 4.42. The van der Waals surface area contributed by atoms with Crippen molar-refractivity contribution >= 4 is 11.8 Å². The summed E-state index contributed by atoms with van der Waals surface area (Å²) >= 11 is 1.84. The lowest BCUT2D eigenvalue weighted by molar-refractivity contribution is 0.480. The summed E-state index contributed by atoms with van der Waals surface area (Å²) in [4.78, 5) is 4.42. The summed E-state index contributed by atoms with van der Waals surface area (Å²) in [5.74, 6) is 1.11. The molecule has 1 rings (SSSR count). The summed E-state index contributed by atoms with van der Waals surface area (Å²) in [6.45, 7) is 8.92. The first kappa shape index (κ1) is 11.6. The monoisotopic (exact) mass is 212 g/mol. The molecule has 0 atom stereocenters. The van der Waals surface area contributed by atoms with Gasteiger partial charge in [0, 0.05) is 24.7 Å². The second-order valence-corrected chi connectivity index (χ2v) is 5.74. The van der Waals surface area contributed by atoms with Gasteiger partial charge >= 0.3 is 0 Å². The van der Waals surface area contributed by atoms with Crippen molar-refractivity contribution in [2.45, 2.75) is 39.3 Å². The molecular weight excluding hydrogens is 192 g/mol. The van der Waals surface area contributed by atoms with Gasteiger partial charge in [-0.15, -0.1) is 0 Å². The Morgan fingerprint density at radius 2 is 2.07 bits per heavy atom. The largest absolute Gasteiger partial charge is 0.326 e. The third-order valence-electron chi connectivity index (χ3n) is 2.04. The molecular formula is C11H20N2S. The molecule has 0 amide bonds. The van der Waals surface area contributed by atoms with Crippen LogP contribution in [0.2, 0.25) is 0 Å². The van der Waals surface area contributed by atoms with Crippen molar-refractivity contribution < 1.29 is 0 Å². The average molecular weight is 212 g/mol. The maximum Gasteiger partial charge on any atom is 0.167 e. The van der Waals surface area contributed by atoms with Crippen molar-refractivity contribution in [2.24, 2.45) is 12.5 Å². The Balaban J connectivity index is 2.64. The number of nitrogens with zero attached hydrogens (tertiary/aromatic N) is 2. The zero-order valence-electron chi connectivity index (χ0n) is 9.79. The molecule has 1 heterocycles. The smallest absolute Gasteiger partial charge is 0.167 e. The molecule has 0 saturated carbocycles. The predicted octanol–water partition coefficient (Wildman–Crippen LogP) is 3.12. The van der Waals surface area contributed by atoms with E-state index in [0.717, 1.165) is 17.3 Å². The molecule has 0 radical (unpaired) electrons. The minimum absolute atomic E-state index is 0.364. The van der Waals surface area contributed by atoms with E-state index in [1.807, 2.05) is 18.0 Å². The lowest BCUT2D eigenvalue weighted by Gasteiger charge is -2.16. The standard InChI is InChI=1S/C11H20N2S/c1-6-9-7-12-10(13(9)5)14-8-11(2,3)4/h7H,6,8H2,1-5H3. The zero-order valence-corrected chi connectivity index (χ0v) is 10.6. The Bertz CT molecular complexity index is 297. The Hall–Kier alpha value is -0.440. The van der Waals surface area contributed by atoms with Crippen LogP contribution in [-0.2, 0) is 13.5 Å². The minimum atomic E-state index is 0.364. The van der Waals surface area contributed by atoms with Crippen molar-refractivity contribution in [1.82, 2.24) is 9.55 Å². The maximum atomic E-state index is 4.42. The summed E-state index contributed by atoms with van der Waals surface area (Å²) in [7, 11) is 2.09. The molecule has 0 unspecified atom stereocenters. The minimum Gasteiger partial charge on any atom is -0.326 e. The van der Waals surface area contributed by atoms with Crippen molar-refractivity contribution in [3.63, 3.8) is 0 Å². The number of hydrogen-bond acceptors (Lipinski definition) is 2. The van der Waals surface area contributed by atoms with Gasteiger partial charge in [-0.25, -0.2) is 4.98 Å². The lowest BCUT2D eigenvalue weighted by atomic mass is 10.0. The summed E-state index contributed by atoms with van der Waals surface area (Å²) in [6, 6.07) is 0. The van der Waals surface area contributed by atoms with E-state index >= 15 is 0 Å². The van der Waals surface area contributed by atoms with Crippen LogP contribution in [0.3, 0.4) is 0 Å². The summed E-state index contributed by atoms with van der Waals surface area (Å²) in [5.41, 5.74) is 1.67. The summed E-state index contributed by atoms with van der Waals surface area (Å²) in [5, 5.41) is 1.14. The lowest BCUT2D eigenvalue weighted by Crippen LogP contribution is -2.09. The van der Waals surface area contributed by atoms with E-state index in [0.29, 0.717) is 5.41 Å². The Morgan fingerprint density at radius 1 is 1.43 bits per heavy atom. The number of imidazole rings is 1. The van der Waals surface area contributed by atoms with Gasteiger partial charge < -0.3 is 4.57 Å². The number of thioether (sulfide) groups is 1. The quantitative estimate of drug-likeness (QED) is 0.716. The number of aryl methyl sites for hydroxylation is 1. The molecule has 1 aromatic heterocycles. The summed E-state index contributed by atoms with van der Waals surface area (Å²) < 4.78 is 2.19. The SMILES string of the molecule is CCc1cnc(SCC(C)(C)C)n1C. The molecule has 0 aliphatic rings. The third kappa shape index (κ3) is 3.05. The fourth-order valence-electron chi connectivity index (χ4n) is 1.17. The van der Waals surface area contributed by atoms with E-state index in [4.69, 9.17) is 0 Å². The average Bonchev–Trinajstić information content (AvgIpc) is 2.42. The van der Waals surface area contributed by atoms with Crippen LogP contribution in [0.15, 0.2) is 11.4 Å². The van der Waals surface area contributed by atoms with Gasteiger partial charge in [-0.1, -0.05) is 39.5 Å². The Labute approximate surface area is 91.1 Å². The first-order valence-electron chi connectivity index (χ1n) is 5.07. The van der Waals surface area contributed by atoms with Gasteiger partial charge in [0.2, 0.25) is 0 Å².